The fraction of sp³-hybridized carbons (Fsp3) is 0.189. The van der Waals surface area contributed by atoms with E-state index in [4.69, 9.17) is 25.4 Å². The number of Topliss-reactive ketones (excluding diaryl/α,β-unsaturated/α-hetero) is 1. The number of hydrogen-bond acceptors (Lipinski definition) is 34. The van der Waals surface area contributed by atoms with Gasteiger partial charge in [0.15, 0.2) is 23.5 Å². The van der Waals surface area contributed by atoms with Crippen LogP contribution < -0.4 is 83.7 Å². The van der Waals surface area contributed by atoms with Crippen LogP contribution in [0.15, 0.2) is 266 Å². The van der Waals surface area contributed by atoms with E-state index < -0.39 is 66.1 Å². The van der Waals surface area contributed by atoms with Gasteiger partial charge in [-0.1, -0.05) is 15.9 Å². The van der Waals surface area contributed by atoms with Crippen LogP contribution in [0.3, 0.4) is 0 Å². The molecule has 150 heavy (non-hydrogen) atoms. The number of carbonyl (C=O) groups is 10. The predicted octanol–water partition coefficient (Wildman–Crippen LogP) is 8.83. The summed E-state index contributed by atoms with van der Waals surface area (Å²) in [4.78, 5) is 116. The Hall–Kier alpha value is -15.5. The fourth-order valence-electron chi connectivity index (χ4n) is 10.1. The second-order valence-corrected chi connectivity index (χ2v) is 30.3. The Morgan fingerprint density at radius 3 is 1.32 bits per heavy atom. The minimum atomic E-state index is -1.19. The summed E-state index contributed by atoms with van der Waals surface area (Å²) in [6.07, 6.45) is 8.07. The van der Waals surface area contributed by atoms with E-state index in [0.717, 1.165) is 22.2 Å². The molecule has 5 heterocycles. The molecule has 9 aromatic carbocycles. The number of terminal acetylenes is 1. The van der Waals surface area contributed by atoms with Crippen LogP contribution in [0.5, 0.6) is 11.9 Å². The molecule has 40 nitrogen and oxygen atoms in total. The summed E-state index contributed by atoms with van der Waals surface area (Å²) in [5.41, 5.74) is 11.6. The van der Waals surface area contributed by atoms with Gasteiger partial charge in [0, 0.05) is 93.5 Å². The van der Waals surface area contributed by atoms with Gasteiger partial charge in [-0.3, -0.25) is 38.6 Å². The first kappa shape index (κ1) is 137. The molecule has 55 heteroatoms. The van der Waals surface area contributed by atoms with Gasteiger partial charge in [-0.25, -0.2) is 68.3 Å². The molecule has 790 valence electrons. The Morgan fingerprint density at radius 1 is 0.567 bits per heavy atom. The average Bonchev–Trinajstić information content (AvgIpc) is 1.64. The number of benzene rings is 9. The Bertz CT molecular complexity index is 6380. The molecule has 1 unspecified atom stereocenters. The number of carbonyl (C=O) groups excluding carboxylic acids is 8. The normalized spacial score (nSPS) is 10.4. The molecule has 4 aromatic heterocycles. The standard InChI is InChI=1S/C12H11FN2OS.C11H10BrFN2O2.C11H8BrFN2O2.C10H12FNO2.C9H7FN2O2.C8H7FN2O3.C8H5FN2O2.C8H8FNO2.C6H6FN.C4H7BrO2.C4H6O3.C4H4O2.2Li.2H2O/c1-8(16)11-7-12(17-2)14-15(11)10-5-3-9(13)4-6-10;2*1-17-11(16)9-6-10(12)14-15(9)8-4-2-7(13)3-5-8;1-2-14-10(13)7-12-9-5-3-8(11)4-6-9;1-6-9(13)14-11-12(6)8-4-2-7(10)3-5-8;9-6-1-3-7(4-2-6)11(10-14)5-8(12)13;9-6-1-3-7(4-2-6)11-5-8(12)13-10-11;9-6-1-3-7(4-2-6)10-5-8(11)12;7-5-1-3-6(8)4-2-5;1-2-7-4(6)3-5;1-3(5)7-4(2)6;1-3-4(5)6-2;;;;/h3-7H,1-2H3;2-5,9H,6H2,1H3;2-6H,1H3;3-6,12H,2,7H2,1H3;2-5H,1H3;1-4H,5H2,(H,12,13);1-5H;1-4,10H,5H2,(H,11,12);1-4H,8H2;2-3H2,1H3;1-2H3;1H,2H3;;;2*1H2/q;;;;;;;;;;;;2*+1;;/p-2. The molecule has 0 amide bonds. The quantitative estimate of drug-likeness (QED) is 0.00335. The van der Waals surface area contributed by atoms with Crippen molar-refractivity contribution < 1.29 is 203 Å². The summed E-state index contributed by atoms with van der Waals surface area (Å²) in [5, 5.41) is 69.0. The maximum Gasteiger partial charge on any atom is 1.00 e. The Labute approximate surface area is 903 Å². The van der Waals surface area contributed by atoms with Crippen molar-refractivity contribution in [3.05, 3.63) is 316 Å². The number of nitrogens with two attached hydrogens (primary N) is 1. The number of alkyl halides is 1. The van der Waals surface area contributed by atoms with E-state index in [1.807, 2.05) is 6.26 Å². The number of carboxylic acids is 2. The molecule has 1 aliphatic rings. The summed E-state index contributed by atoms with van der Waals surface area (Å²) in [6.45, 7) is 9.18. The molecule has 0 radical (unpaired) electrons. The zero-order chi connectivity index (χ0) is 109. The number of ketones is 1. The number of esters is 7. The molecular weight excluding hydrogens is 2210 g/mol. The van der Waals surface area contributed by atoms with Gasteiger partial charge in [-0.2, -0.15) is 15.3 Å². The Morgan fingerprint density at radius 2 is 0.980 bits per heavy atom. The summed E-state index contributed by atoms with van der Waals surface area (Å²) in [6, 6.07) is 53.1. The van der Waals surface area contributed by atoms with Crippen molar-refractivity contribution in [1.29, 1.82) is 0 Å². The van der Waals surface area contributed by atoms with Gasteiger partial charge < -0.3 is 85.2 Å². The molecular formula is C95H93Br3F9Li2N15O25S. The van der Waals surface area contributed by atoms with Crippen molar-refractivity contribution >= 4 is 152 Å². The number of hydrogen-bond donors (Lipinski definition) is 5. The maximum atomic E-state index is 12.8. The third-order valence-electron chi connectivity index (χ3n) is 16.6. The number of aliphatic carboxylic acids is 2. The molecule has 1 aliphatic heterocycles. The monoisotopic (exact) mass is 2300 g/mol. The number of halogens is 12. The topological polar surface area (TPSA) is 566 Å². The number of nitrogens with one attached hydrogen (secondary N) is 2. The summed E-state index contributed by atoms with van der Waals surface area (Å²) in [5.74, 6) is -7.64. The number of rotatable bonds is 22. The first-order chi connectivity index (χ1) is 69.3. The second kappa shape index (κ2) is 74.4. The van der Waals surface area contributed by atoms with E-state index in [-0.39, 0.29) is 143 Å². The van der Waals surface area contributed by atoms with Crippen LogP contribution in [0.2, 0.25) is 0 Å². The van der Waals surface area contributed by atoms with Gasteiger partial charge in [0.25, 0.3) is 0 Å². The molecule has 0 saturated heterocycles. The molecule has 1 atom stereocenters. The molecule has 14 rings (SSSR count). The number of aromatic nitrogens is 8. The fourth-order valence-corrected chi connectivity index (χ4v) is 11.5. The number of nitroso groups, excluding NO2 is 1. The van der Waals surface area contributed by atoms with Crippen molar-refractivity contribution in [2.24, 2.45) is 10.4 Å². The van der Waals surface area contributed by atoms with Crippen LogP contribution in [-0.2, 0) is 66.8 Å². The van der Waals surface area contributed by atoms with E-state index in [1.54, 1.807) is 69.2 Å². The zero-order valence-electron chi connectivity index (χ0n) is 81.4. The zero-order valence-corrected chi connectivity index (χ0v) is 86.9. The van der Waals surface area contributed by atoms with E-state index in [9.17, 15) is 103 Å². The first-order valence-corrected chi connectivity index (χ1v) is 45.2. The van der Waals surface area contributed by atoms with Crippen molar-refractivity contribution in [2.75, 3.05) is 92.1 Å². The summed E-state index contributed by atoms with van der Waals surface area (Å²) >= 11 is 10.8. The minimum Gasteiger partial charge on any atom is -0.870 e. The van der Waals surface area contributed by atoms with Gasteiger partial charge in [-0.15, -0.1) is 23.1 Å². The Balaban J connectivity index is 0. The minimum absolute atomic E-state index is 0. The van der Waals surface area contributed by atoms with Crippen LogP contribution in [0, 0.1) is 76.5 Å². The van der Waals surface area contributed by atoms with E-state index in [0.29, 0.717) is 91.1 Å². The number of hydrazone groups is 1. The van der Waals surface area contributed by atoms with Crippen molar-refractivity contribution in [3.8, 4) is 47.0 Å². The molecule has 0 fully saturated rings. The summed E-state index contributed by atoms with van der Waals surface area (Å²) < 4.78 is 155. The number of carboxylic acid groups (broad SMARTS) is 2. The van der Waals surface area contributed by atoms with E-state index >= 15 is 0 Å². The van der Waals surface area contributed by atoms with Crippen LogP contribution >= 0.6 is 59.6 Å². The SMILES string of the molecule is C#CC(=O)OC.CC(=O)OC(C)=O.CCOC(=O)CBr.CCOC(=O)CNc1ccc(F)cc1.COC(=O)C1CC(Br)=NN1c1ccc(F)cc1.COC(=O)c1cc(Br)nn1-c1ccc(F)cc1.CSc1cc(C(C)=O)n(-c2ccc(F)cc2)n1.Cc1c([O-])on[n+]1-c1ccc(F)cc1.Nc1ccc(F)cc1.O=C(O)CNc1ccc(F)cc1.O=NN(CC(=O)O)c1ccc(F)cc1.[Li+].[Li+].[O-]c1c[n+](-c2ccc(F)cc2)no1.[OH-].[OH-]. The van der Waals surface area contributed by atoms with E-state index in [1.165, 1.54) is 260 Å². The largest absolute Gasteiger partial charge is 1.00 e. The molecule has 0 spiro atoms. The second-order valence-electron chi connectivity index (χ2n) is 27.2. The van der Waals surface area contributed by atoms with Crippen molar-refractivity contribution in [1.82, 2.24) is 30.1 Å². The van der Waals surface area contributed by atoms with Crippen LogP contribution in [0.4, 0.5) is 68.0 Å². The molecule has 13 aromatic rings. The third kappa shape index (κ3) is 53.7. The predicted molar refractivity (Wildman–Crippen MR) is 523 cm³/mol. The van der Waals surface area contributed by atoms with Crippen LogP contribution in [0.1, 0.15) is 67.7 Å². The van der Waals surface area contributed by atoms with E-state index in [2.05, 4.69) is 124 Å². The summed E-state index contributed by atoms with van der Waals surface area (Å²) in [7, 11) is 3.86. The number of anilines is 5. The van der Waals surface area contributed by atoms with Crippen LogP contribution in [-0.4, -0.2) is 187 Å². The molecule has 0 saturated carbocycles. The molecule has 0 bridgehead atoms. The smallest absolute Gasteiger partial charge is 0.870 e. The van der Waals surface area contributed by atoms with Gasteiger partial charge >= 0.3 is 91.4 Å². The van der Waals surface area contributed by atoms with Gasteiger partial charge in [-0.05, 0) is 255 Å². The number of thioether (sulfide) groups is 1. The number of nitrogens with zero attached hydrogens (tertiary/aromatic N) is 12. The van der Waals surface area contributed by atoms with Crippen molar-refractivity contribution in [3.63, 3.8) is 0 Å². The van der Waals surface area contributed by atoms with Gasteiger partial charge in [0.2, 0.25) is 23.3 Å². The van der Waals surface area contributed by atoms with Gasteiger partial charge in [0.05, 0.1) is 73.1 Å². The molecule has 0 aliphatic carbocycles. The average molecular weight is 2300 g/mol. The van der Waals surface area contributed by atoms with Gasteiger partial charge in [0.1, 0.15) is 103 Å². The maximum absolute atomic E-state index is 12.8. The number of nitrogen functional groups attached to an aromatic ring is 1. The van der Waals surface area contributed by atoms with Crippen molar-refractivity contribution in [2.45, 2.75) is 59.0 Å². The third-order valence-corrected chi connectivity index (χ3v) is 18.5. The first-order valence-electron chi connectivity index (χ1n) is 41.3. The molecule has 8 N–H and O–H groups in total. The Kier molecular flexibility index (Phi) is 67.7. The van der Waals surface area contributed by atoms with Crippen LogP contribution in [0.25, 0.3) is 22.7 Å². The number of ether oxygens (including phenoxy) is 6. The number of methoxy groups -OCH3 is 3.